The van der Waals surface area contributed by atoms with Crippen molar-refractivity contribution in [2.24, 2.45) is 0 Å². The lowest BCUT2D eigenvalue weighted by molar-refractivity contribution is -0.384. The van der Waals surface area contributed by atoms with Crippen LogP contribution < -0.4 is 5.32 Å². The zero-order chi connectivity index (χ0) is 13.8. The monoisotopic (exact) mass is 340 g/mol. The van der Waals surface area contributed by atoms with Crippen molar-refractivity contribution in [3.63, 3.8) is 0 Å². The van der Waals surface area contributed by atoms with E-state index in [0.29, 0.717) is 11.6 Å². The Hall–Kier alpha value is -1.59. The van der Waals surface area contributed by atoms with E-state index in [0.717, 1.165) is 15.7 Å². The van der Waals surface area contributed by atoms with Crippen LogP contribution >= 0.6 is 27.5 Å². The van der Waals surface area contributed by atoms with E-state index >= 15 is 0 Å². The Balaban J connectivity index is 2.07. The van der Waals surface area contributed by atoms with E-state index in [-0.39, 0.29) is 5.69 Å². The first-order valence-electron chi connectivity index (χ1n) is 5.48. The Bertz CT molecular complexity index is 619. The maximum absolute atomic E-state index is 10.7. The molecule has 0 radical (unpaired) electrons. The highest BCUT2D eigenvalue weighted by molar-refractivity contribution is 9.10. The molecule has 0 aliphatic heterocycles. The standard InChI is InChI=1S/C13H10BrClN2O2/c14-12-5-4-10(7-13(12)15)16-8-9-2-1-3-11(6-9)17(18)19/h1-7,16H,8H2. The number of anilines is 1. The van der Waals surface area contributed by atoms with Crippen LogP contribution in [-0.4, -0.2) is 4.92 Å². The molecule has 0 spiro atoms. The average Bonchev–Trinajstić information content (AvgIpc) is 2.40. The summed E-state index contributed by atoms with van der Waals surface area (Å²) in [5.41, 5.74) is 1.79. The Morgan fingerprint density at radius 2 is 2.05 bits per heavy atom. The van der Waals surface area contributed by atoms with Gasteiger partial charge in [0.2, 0.25) is 0 Å². The van der Waals surface area contributed by atoms with Crippen molar-refractivity contribution >= 4 is 38.9 Å². The van der Waals surface area contributed by atoms with Gasteiger partial charge in [0.05, 0.1) is 9.95 Å². The molecule has 2 aromatic rings. The SMILES string of the molecule is O=[N+]([O-])c1cccc(CNc2ccc(Br)c(Cl)c2)c1. The number of hydrogen-bond acceptors (Lipinski definition) is 3. The number of halogens is 2. The van der Waals surface area contributed by atoms with Gasteiger partial charge in [-0.05, 0) is 39.7 Å². The summed E-state index contributed by atoms with van der Waals surface area (Å²) < 4.78 is 0.829. The van der Waals surface area contributed by atoms with Crippen molar-refractivity contribution in [2.75, 3.05) is 5.32 Å². The second kappa shape index (κ2) is 6.04. The Kier molecular flexibility index (Phi) is 4.39. The van der Waals surface area contributed by atoms with Gasteiger partial charge in [-0.3, -0.25) is 10.1 Å². The summed E-state index contributed by atoms with van der Waals surface area (Å²) in [6.07, 6.45) is 0. The number of nitro groups is 1. The summed E-state index contributed by atoms with van der Waals surface area (Å²) in [6.45, 7) is 0.500. The normalized spacial score (nSPS) is 10.2. The number of nitrogens with one attached hydrogen (secondary N) is 1. The summed E-state index contributed by atoms with van der Waals surface area (Å²) in [4.78, 5) is 10.3. The number of hydrogen-bond donors (Lipinski definition) is 1. The van der Waals surface area contributed by atoms with Gasteiger partial charge in [0, 0.05) is 28.8 Å². The first kappa shape index (κ1) is 13.8. The Morgan fingerprint density at radius 1 is 1.26 bits per heavy atom. The van der Waals surface area contributed by atoms with Crippen molar-refractivity contribution in [1.82, 2.24) is 0 Å². The highest BCUT2D eigenvalue weighted by Gasteiger charge is 2.05. The molecule has 0 bridgehead atoms. The molecule has 0 heterocycles. The predicted octanol–water partition coefficient (Wildman–Crippen LogP) is 4.62. The number of nitro benzene ring substituents is 1. The van der Waals surface area contributed by atoms with Crippen LogP contribution in [-0.2, 0) is 6.54 Å². The number of rotatable bonds is 4. The van der Waals surface area contributed by atoms with Gasteiger partial charge in [-0.25, -0.2) is 0 Å². The lowest BCUT2D eigenvalue weighted by Gasteiger charge is -2.07. The molecule has 0 atom stereocenters. The second-order valence-corrected chi connectivity index (χ2v) is 5.17. The molecule has 19 heavy (non-hydrogen) atoms. The number of nitrogens with zero attached hydrogens (tertiary/aromatic N) is 1. The quantitative estimate of drug-likeness (QED) is 0.652. The van der Waals surface area contributed by atoms with E-state index in [9.17, 15) is 10.1 Å². The maximum atomic E-state index is 10.7. The third kappa shape index (κ3) is 3.68. The molecule has 1 N–H and O–H groups in total. The summed E-state index contributed by atoms with van der Waals surface area (Å²) in [5.74, 6) is 0. The van der Waals surface area contributed by atoms with Crippen molar-refractivity contribution in [1.29, 1.82) is 0 Å². The molecule has 0 aliphatic rings. The lowest BCUT2D eigenvalue weighted by atomic mass is 10.2. The third-order valence-electron chi connectivity index (χ3n) is 2.54. The van der Waals surface area contributed by atoms with Crippen molar-refractivity contribution in [2.45, 2.75) is 6.54 Å². The summed E-state index contributed by atoms with van der Waals surface area (Å²) in [5, 5.41) is 14.5. The van der Waals surface area contributed by atoms with Crippen LogP contribution in [0.5, 0.6) is 0 Å². The van der Waals surface area contributed by atoms with Gasteiger partial charge < -0.3 is 5.32 Å². The largest absolute Gasteiger partial charge is 0.381 e. The zero-order valence-electron chi connectivity index (χ0n) is 9.77. The molecule has 0 aliphatic carbocycles. The Labute approximate surface area is 123 Å². The molecule has 0 fully saturated rings. The van der Waals surface area contributed by atoms with E-state index in [1.807, 2.05) is 18.2 Å². The van der Waals surface area contributed by atoms with Crippen LogP contribution in [0.25, 0.3) is 0 Å². The fraction of sp³-hybridized carbons (Fsp3) is 0.0769. The molecule has 6 heteroatoms. The van der Waals surface area contributed by atoms with E-state index in [4.69, 9.17) is 11.6 Å². The first-order valence-corrected chi connectivity index (χ1v) is 6.65. The first-order chi connectivity index (χ1) is 9.06. The topological polar surface area (TPSA) is 55.2 Å². The molecule has 2 aromatic carbocycles. The summed E-state index contributed by atoms with van der Waals surface area (Å²) in [7, 11) is 0. The van der Waals surface area contributed by atoms with Crippen LogP contribution in [0.4, 0.5) is 11.4 Å². The van der Waals surface area contributed by atoms with Crippen LogP contribution in [0, 0.1) is 10.1 Å². The summed E-state index contributed by atoms with van der Waals surface area (Å²) >= 11 is 9.30. The number of benzene rings is 2. The van der Waals surface area contributed by atoms with Gasteiger partial charge in [-0.15, -0.1) is 0 Å². The lowest BCUT2D eigenvalue weighted by Crippen LogP contribution is -2.00. The predicted molar refractivity (Wildman–Crippen MR) is 79.6 cm³/mol. The van der Waals surface area contributed by atoms with Gasteiger partial charge >= 0.3 is 0 Å². The smallest absolute Gasteiger partial charge is 0.269 e. The Morgan fingerprint density at radius 3 is 2.74 bits per heavy atom. The zero-order valence-corrected chi connectivity index (χ0v) is 12.1. The molecular formula is C13H10BrClN2O2. The van der Waals surface area contributed by atoms with Gasteiger partial charge in [-0.1, -0.05) is 23.7 Å². The van der Waals surface area contributed by atoms with Gasteiger partial charge in [0.1, 0.15) is 0 Å². The van der Waals surface area contributed by atoms with Crippen LogP contribution in [0.1, 0.15) is 5.56 Å². The summed E-state index contributed by atoms with van der Waals surface area (Å²) in [6, 6.07) is 12.0. The van der Waals surface area contributed by atoms with E-state index < -0.39 is 4.92 Å². The molecule has 0 amide bonds. The second-order valence-electron chi connectivity index (χ2n) is 3.91. The average molecular weight is 342 g/mol. The van der Waals surface area contributed by atoms with Gasteiger partial charge in [0.25, 0.3) is 5.69 Å². The number of non-ortho nitro benzene ring substituents is 1. The van der Waals surface area contributed by atoms with E-state index in [1.54, 1.807) is 18.2 Å². The molecule has 4 nitrogen and oxygen atoms in total. The maximum Gasteiger partial charge on any atom is 0.269 e. The van der Waals surface area contributed by atoms with E-state index in [1.165, 1.54) is 6.07 Å². The molecule has 0 unspecified atom stereocenters. The third-order valence-corrected chi connectivity index (χ3v) is 3.77. The molecule has 0 saturated carbocycles. The molecule has 98 valence electrons. The molecule has 0 saturated heterocycles. The molecule has 0 aromatic heterocycles. The molecule has 2 rings (SSSR count). The minimum atomic E-state index is -0.403. The van der Waals surface area contributed by atoms with Crippen molar-refractivity contribution in [3.05, 3.63) is 67.6 Å². The van der Waals surface area contributed by atoms with Crippen LogP contribution in [0.15, 0.2) is 46.9 Å². The van der Waals surface area contributed by atoms with Crippen LogP contribution in [0.3, 0.4) is 0 Å². The van der Waals surface area contributed by atoms with Crippen LogP contribution in [0.2, 0.25) is 5.02 Å². The highest BCUT2D eigenvalue weighted by Crippen LogP contribution is 2.25. The molecular weight excluding hydrogens is 332 g/mol. The minimum absolute atomic E-state index is 0.0909. The fourth-order valence-corrected chi connectivity index (χ4v) is 2.02. The minimum Gasteiger partial charge on any atom is -0.381 e. The van der Waals surface area contributed by atoms with E-state index in [2.05, 4.69) is 21.2 Å². The van der Waals surface area contributed by atoms with Crippen molar-refractivity contribution < 1.29 is 4.92 Å². The fourth-order valence-electron chi connectivity index (χ4n) is 1.59. The van der Waals surface area contributed by atoms with Crippen molar-refractivity contribution in [3.8, 4) is 0 Å². The van der Waals surface area contributed by atoms with Gasteiger partial charge in [0.15, 0.2) is 0 Å². The van der Waals surface area contributed by atoms with Gasteiger partial charge in [-0.2, -0.15) is 0 Å². The highest BCUT2D eigenvalue weighted by atomic mass is 79.9.